The first-order valence-corrected chi connectivity index (χ1v) is 6.18. The van der Waals surface area contributed by atoms with E-state index in [0.29, 0.717) is 6.04 Å². The van der Waals surface area contributed by atoms with Gasteiger partial charge in [-0.25, -0.2) is 0 Å². The van der Waals surface area contributed by atoms with E-state index in [0.717, 1.165) is 0 Å². The lowest BCUT2D eigenvalue weighted by molar-refractivity contribution is 0.229. The van der Waals surface area contributed by atoms with Gasteiger partial charge in [-0.15, -0.1) is 0 Å². The van der Waals surface area contributed by atoms with Gasteiger partial charge in [-0.1, -0.05) is 6.92 Å². The number of aryl methyl sites for hydroxylation is 1. The summed E-state index contributed by atoms with van der Waals surface area (Å²) in [5.41, 5.74) is 2.41. The zero-order valence-corrected chi connectivity index (χ0v) is 10.5. The Morgan fingerprint density at radius 2 is 2.12 bits per heavy atom. The second-order valence-corrected chi connectivity index (χ2v) is 4.62. The molecule has 1 fully saturated rings. The summed E-state index contributed by atoms with van der Waals surface area (Å²) in [6.45, 7) is 7.95. The number of piperidine rings is 1. The van der Waals surface area contributed by atoms with Crippen LogP contribution in [0.15, 0.2) is 6.20 Å². The van der Waals surface area contributed by atoms with Crippen LogP contribution in [0.5, 0.6) is 0 Å². The molecule has 1 aliphatic heterocycles. The van der Waals surface area contributed by atoms with Crippen molar-refractivity contribution in [1.82, 2.24) is 14.7 Å². The number of nitrogens with zero attached hydrogens (tertiary/aromatic N) is 3. The summed E-state index contributed by atoms with van der Waals surface area (Å²) in [5.74, 6) is 0. The first kappa shape index (κ1) is 11.5. The van der Waals surface area contributed by atoms with Crippen LogP contribution in [0.4, 0.5) is 5.69 Å². The lowest BCUT2D eigenvalue weighted by Gasteiger charge is -2.31. The Balaban J connectivity index is 1.89. The molecule has 0 saturated carbocycles. The van der Waals surface area contributed by atoms with Crippen molar-refractivity contribution in [1.29, 1.82) is 0 Å². The van der Waals surface area contributed by atoms with Gasteiger partial charge in [-0.05, 0) is 26.3 Å². The minimum Gasteiger partial charge on any atom is -0.379 e. The highest BCUT2D eigenvalue weighted by Crippen LogP contribution is 2.18. The van der Waals surface area contributed by atoms with Gasteiger partial charge in [0.1, 0.15) is 0 Å². The van der Waals surface area contributed by atoms with Crippen molar-refractivity contribution in [3.63, 3.8) is 0 Å². The SMILES string of the molecule is CCN1CCC(Nc2cnn(C)c2C)CC1. The third-order valence-corrected chi connectivity index (χ3v) is 3.63. The molecule has 0 unspecified atom stereocenters. The molecule has 1 N–H and O–H groups in total. The number of hydrogen-bond acceptors (Lipinski definition) is 3. The summed E-state index contributed by atoms with van der Waals surface area (Å²) >= 11 is 0. The van der Waals surface area contributed by atoms with Gasteiger partial charge in [0.2, 0.25) is 0 Å². The van der Waals surface area contributed by atoms with Crippen molar-refractivity contribution in [3.8, 4) is 0 Å². The lowest BCUT2D eigenvalue weighted by Crippen LogP contribution is -2.38. The van der Waals surface area contributed by atoms with Crippen molar-refractivity contribution in [3.05, 3.63) is 11.9 Å². The fraction of sp³-hybridized carbons (Fsp3) is 0.750. The highest BCUT2D eigenvalue weighted by molar-refractivity contribution is 5.46. The molecule has 0 radical (unpaired) electrons. The van der Waals surface area contributed by atoms with Gasteiger partial charge in [0.15, 0.2) is 0 Å². The van der Waals surface area contributed by atoms with Crippen molar-refractivity contribution >= 4 is 5.69 Å². The van der Waals surface area contributed by atoms with Crippen molar-refractivity contribution in [2.45, 2.75) is 32.7 Å². The summed E-state index contributed by atoms with van der Waals surface area (Å²) in [6.07, 6.45) is 4.41. The highest BCUT2D eigenvalue weighted by atomic mass is 15.3. The average Bonchev–Trinajstić information content (AvgIpc) is 2.62. The van der Waals surface area contributed by atoms with Crippen LogP contribution in [0.3, 0.4) is 0 Å². The van der Waals surface area contributed by atoms with Crippen molar-refractivity contribution < 1.29 is 0 Å². The molecule has 0 atom stereocenters. The van der Waals surface area contributed by atoms with E-state index in [1.807, 2.05) is 17.9 Å². The van der Waals surface area contributed by atoms with E-state index >= 15 is 0 Å². The second-order valence-electron chi connectivity index (χ2n) is 4.62. The molecule has 0 aromatic carbocycles. The number of anilines is 1. The van der Waals surface area contributed by atoms with E-state index in [4.69, 9.17) is 0 Å². The number of aromatic nitrogens is 2. The Hall–Kier alpha value is -1.03. The largest absolute Gasteiger partial charge is 0.379 e. The zero-order chi connectivity index (χ0) is 11.5. The number of likely N-dealkylation sites (tertiary alicyclic amines) is 1. The van der Waals surface area contributed by atoms with E-state index < -0.39 is 0 Å². The average molecular weight is 222 g/mol. The Bertz CT molecular complexity index is 337. The second kappa shape index (κ2) is 4.87. The van der Waals surface area contributed by atoms with Gasteiger partial charge in [-0.3, -0.25) is 4.68 Å². The fourth-order valence-corrected chi connectivity index (χ4v) is 2.25. The summed E-state index contributed by atoms with van der Waals surface area (Å²) < 4.78 is 1.92. The van der Waals surface area contributed by atoms with E-state index in [9.17, 15) is 0 Å². The molecule has 4 nitrogen and oxygen atoms in total. The number of nitrogens with one attached hydrogen (secondary N) is 1. The molecular formula is C12H22N4. The van der Waals surface area contributed by atoms with E-state index in [1.165, 1.54) is 43.9 Å². The van der Waals surface area contributed by atoms with Crippen LogP contribution in [0, 0.1) is 6.92 Å². The van der Waals surface area contributed by atoms with Crippen LogP contribution in [0.1, 0.15) is 25.5 Å². The molecule has 0 spiro atoms. The van der Waals surface area contributed by atoms with Gasteiger partial charge in [-0.2, -0.15) is 5.10 Å². The van der Waals surface area contributed by atoms with Gasteiger partial charge >= 0.3 is 0 Å². The molecule has 2 heterocycles. The molecule has 90 valence electrons. The van der Waals surface area contributed by atoms with E-state index in [-0.39, 0.29) is 0 Å². The molecule has 1 aliphatic rings. The predicted molar refractivity (Wildman–Crippen MR) is 66.7 cm³/mol. The predicted octanol–water partition coefficient (Wildman–Crippen LogP) is 1.62. The van der Waals surface area contributed by atoms with Crippen LogP contribution >= 0.6 is 0 Å². The summed E-state index contributed by atoms with van der Waals surface area (Å²) in [7, 11) is 1.99. The van der Waals surface area contributed by atoms with E-state index in [2.05, 4.69) is 29.2 Å². The maximum atomic E-state index is 4.26. The maximum Gasteiger partial charge on any atom is 0.0758 e. The zero-order valence-electron chi connectivity index (χ0n) is 10.5. The Labute approximate surface area is 97.6 Å². The molecule has 2 rings (SSSR count). The maximum absolute atomic E-state index is 4.26. The number of hydrogen-bond donors (Lipinski definition) is 1. The van der Waals surface area contributed by atoms with Gasteiger partial charge in [0.25, 0.3) is 0 Å². The van der Waals surface area contributed by atoms with Crippen LogP contribution in [-0.4, -0.2) is 40.4 Å². The normalized spacial score (nSPS) is 18.9. The number of rotatable bonds is 3. The molecule has 1 saturated heterocycles. The topological polar surface area (TPSA) is 33.1 Å². The fourth-order valence-electron chi connectivity index (χ4n) is 2.25. The quantitative estimate of drug-likeness (QED) is 0.843. The molecular weight excluding hydrogens is 200 g/mol. The minimum absolute atomic E-state index is 0.616. The smallest absolute Gasteiger partial charge is 0.0758 e. The third kappa shape index (κ3) is 2.38. The monoisotopic (exact) mass is 222 g/mol. The Kier molecular flexibility index (Phi) is 3.49. The summed E-state index contributed by atoms with van der Waals surface area (Å²) in [6, 6.07) is 0.616. The first-order chi connectivity index (χ1) is 7.70. The standard InChI is InChI=1S/C12H22N4/c1-4-16-7-5-11(6-8-16)14-12-9-13-15(3)10(12)2/h9,11,14H,4-8H2,1-3H3. The van der Waals surface area contributed by atoms with Crippen LogP contribution in [0.25, 0.3) is 0 Å². The van der Waals surface area contributed by atoms with E-state index in [1.54, 1.807) is 0 Å². The molecule has 4 heteroatoms. The summed E-state index contributed by atoms with van der Waals surface area (Å²) in [4.78, 5) is 2.51. The first-order valence-electron chi connectivity index (χ1n) is 6.18. The Morgan fingerprint density at radius 3 is 2.62 bits per heavy atom. The molecule has 0 aliphatic carbocycles. The third-order valence-electron chi connectivity index (χ3n) is 3.63. The van der Waals surface area contributed by atoms with Crippen LogP contribution in [-0.2, 0) is 7.05 Å². The van der Waals surface area contributed by atoms with Crippen molar-refractivity contribution in [2.24, 2.45) is 7.05 Å². The Morgan fingerprint density at radius 1 is 1.44 bits per heavy atom. The molecule has 1 aromatic rings. The van der Waals surface area contributed by atoms with Crippen LogP contribution < -0.4 is 5.32 Å². The van der Waals surface area contributed by atoms with Crippen molar-refractivity contribution in [2.75, 3.05) is 25.0 Å². The van der Waals surface area contributed by atoms with Crippen LogP contribution in [0.2, 0.25) is 0 Å². The molecule has 1 aromatic heterocycles. The lowest BCUT2D eigenvalue weighted by atomic mass is 10.0. The molecule has 0 amide bonds. The molecule has 16 heavy (non-hydrogen) atoms. The van der Waals surface area contributed by atoms with Gasteiger partial charge in [0.05, 0.1) is 17.6 Å². The molecule has 0 bridgehead atoms. The minimum atomic E-state index is 0.616. The summed E-state index contributed by atoms with van der Waals surface area (Å²) in [5, 5.41) is 7.86. The van der Waals surface area contributed by atoms with Gasteiger partial charge in [0, 0.05) is 26.2 Å². The highest BCUT2D eigenvalue weighted by Gasteiger charge is 2.18. The van der Waals surface area contributed by atoms with Gasteiger partial charge < -0.3 is 10.2 Å².